The summed E-state index contributed by atoms with van der Waals surface area (Å²) in [6.07, 6.45) is 1.90. The summed E-state index contributed by atoms with van der Waals surface area (Å²) in [6, 6.07) is 9.61. The first kappa shape index (κ1) is 14.5. The van der Waals surface area contributed by atoms with Crippen molar-refractivity contribution in [2.75, 3.05) is 6.54 Å². The number of hydrogen-bond acceptors (Lipinski definition) is 2. The Hall–Kier alpha value is -2.43. The number of aromatic nitrogens is 1. The van der Waals surface area contributed by atoms with Crippen molar-refractivity contribution in [3.63, 3.8) is 0 Å². The minimum Gasteiger partial charge on any atom is -0.351 e. The molecule has 1 aromatic carbocycles. The molecule has 0 unspecified atom stereocenters. The Labute approximate surface area is 127 Å². The SMILES string of the molecule is Cc1ccc(C(=O)NCC2(c3ccc(F)cc3)CC2)c(=O)[nH]1. The summed E-state index contributed by atoms with van der Waals surface area (Å²) in [6.45, 7) is 2.21. The van der Waals surface area contributed by atoms with Crippen molar-refractivity contribution in [1.82, 2.24) is 10.3 Å². The number of rotatable bonds is 4. The Morgan fingerprint density at radius 3 is 2.50 bits per heavy atom. The fraction of sp³-hybridized carbons (Fsp3) is 0.294. The average molecular weight is 300 g/mol. The van der Waals surface area contributed by atoms with E-state index in [1.807, 2.05) is 0 Å². The van der Waals surface area contributed by atoms with Gasteiger partial charge in [-0.1, -0.05) is 12.1 Å². The van der Waals surface area contributed by atoms with Crippen LogP contribution < -0.4 is 10.9 Å². The first-order chi connectivity index (χ1) is 10.5. The molecule has 4 nitrogen and oxygen atoms in total. The van der Waals surface area contributed by atoms with E-state index in [9.17, 15) is 14.0 Å². The fourth-order valence-corrected chi connectivity index (χ4v) is 2.62. The number of H-pyrrole nitrogens is 1. The Morgan fingerprint density at radius 1 is 1.23 bits per heavy atom. The van der Waals surface area contributed by atoms with Crippen LogP contribution in [0.4, 0.5) is 4.39 Å². The van der Waals surface area contributed by atoms with Gasteiger partial charge in [0.25, 0.3) is 11.5 Å². The lowest BCUT2D eigenvalue weighted by Crippen LogP contribution is -2.35. The molecule has 1 saturated carbocycles. The largest absolute Gasteiger partial charge is 0.351 e. The second-order valence-corrected chi connectivity index (χ2v) is 5.85. The second-order valence-electron chi connectivity index (χ2n) is 5.85. The molecule has 22 heavy (non-hydrogen) atoms. The summed E-state index contributed by atoms with van der Waals surface area (Å²) < 4.78 is 13.0. The van der Waals surface area contributed by atoms with Gasteiger partial charge in [-0.05, 0) is 49.6 Å². The monoisotopic (exact) mass is 300 g/mol. The van der Waals surface area contributed by atoms with Crippen molar-refractivity contribution in [3.8, 4) is 0 Å². The number of nitrogens with one attached hydrogen (secondary N) is 2. The van der Waals surface area contributed by atoms with Gasteiger partial charge in [-0.25, -0.2) is 4.39 Å². The van der Waals surface area contributed by atoms with E-state index in [-0.39, 0.29) is 28.3 Å². The summed E-state index contributed by atoms with van der Waals surface area (Å²) in [5, 5.41) is 2.82. The Bertz CT molecular complexity index is 761. The van der Waals surface area contributed by atoms with E-state index in [0.717, 1.165) is 18.4 Å². The highest BCUT2D eigenvalue weighted by atomic mass is 19.1. The van der Waals surface area contributed by atoms with Crippen LogP contribution in [0.1, 0.15) is 34.5 Å². The highest BCUT2D eigenvalue weighted by molar-refractivity contribution is 5.93. The predicted molar refractivity (Wildman–Crippen MR) is 81.4 cm³/mol. The number of carbonyl (C=O) groups excluding carboxylic acids is 1. The Balaban J connectivity index is 1.71. The Kier molecular flexibility index (Phi) is 3.56. The summed E-state index contributed by atoms with van der Waals surface area (Å²) in [4.78, 5) is 26.5. The van der Waals surface area contributed by atoms with E-state index < -0.39 is 0 Å². The fourth-order valence-electron chi connectivity index (χ4n) is 2.62. The van der Waals surface area contributed by atoms with Gasteiger partial charge in [0.2, 0.25) is 0 Å². The van der Waals surface area contributed by atoms with Crippen LogP contribution in [0.2, 0.25) is 0 Å². The van der Waals surface area contributed by atoms with Gasteiger partial charge < -0.3 is 10.3 Å². The zero-order chi connectivity index (χ0) is 15.7. The van der Waals surface area contributed by atoms with Crippen molar-refractivity contribution in [3.05, 3.63) is 69.4 Å². The number of benzene rings is 1. The third-order valence-electron chi connectivity index (χ3n) is 4.20. The molecule has 0 bridgehead atoms. The maximum absolute atomic E-state index is 13.0. The highest BCUT2D eigenvalue weighted by Crippen LogP contribution is 2.47. The van der Waals surface area contributed by atoms with Gasteiger partial charge in [-0.2, -0.15) is 0 Å². The lowest BCUT2D eigenvalue weighted by Gasteiger charge is -2.16. The summed E-state index contributed by atoms with van der Waals surface area (Å²) in [7, 11) is 0. The number of carbonyl (C=O) groups is 1. The lowest BCUT2D eigenvalue weighted by molar-refractivity contribution is 0.0948. The van der Waals surface area contributed by atoms with Crippen LogP contribution in [0, 0.1) is 12.7 Å². The molecule has 0 spiro atoms. The van der Waals surface area contributed by atoms with Gasteiger partial charge in [-0.15, -0.1) is 0 Å². The van der Waals surface area contributed by atoms with Gasteiger partial charge >= 0.3 is 0 Å². The van der Waals surface area contributed by atoms with E-state index in [1.54, 1.807) is 25.1 Å². The molecule has 5 heteroatoms. The number of aryl methyl sites for hydroxylation is 1. The van der Waals surface area contributed by atoms with E-state index in [4.69, 9.17) is 0 Å². The molecule has 0 saturated heterocycles. The standard InChI is InChI=1S/C17H17FN2O2/c1-11-2-7-14(16(22)20-11)15(21)19-10-17(8-9-17)12-3-5-13(18)6-4-12/h2-7H,8-10H2,1H3,(H,19,21)(H,20,22). The molecule has 1 heterocycles. The lowest BCUT2D eigenvalue weighted by atomic mass is 9.96. The van der Waals surface area contributed by atoms with Crippen LogP contribution in [0.25, 0.3) is 0 Å². The van der Waals surface area contributed by atoms with Crippen LogP contribution in [-0.4, -0.2) is 17.4 Å². The quantitative estimate of drug-likeness (QED) is 0.910. The molecule has 2 N–H and O–H groups in total. The highest BCUT2D eigenvalue weighted by Gasteiger charge is 2.44. The molecule has 0 atom stereocenters. The molecule has 1 fully saturated rings. The molecule has 3 rings (SSSR count). The van der Waals surface area contributed by atoms with Crippen LogP contribution >= 0.6 is 0 Å². The van der Waals surface area contributed by atoms with Crippen molar-refractivity contribution in [1.29, 1.82) is 0 Å². The molecule has 1 aromatic heterocycles. The Morgan fingerprint density at radius 2 is 1.91 bits per heavy atom. The first-order valence-electron chi connectivity index (χ1n) is 7.24. The predicted octanol–water partition coefficient (Wildman–Crippen LogP) is 2.28. The number of hydrogen-bond donors (Lipinski definition) is 2. The van der Waals surface area contributed by atoms with Crippen molar-refractivity contribution < 1.29 is 9.18 Å². The molecule has 0 radical (unpaired) electrons. The van der Waals surface area contributed by atoms with Crippen LogP contribution in [0.5, 0.6) is 0 Å². The van der Waals surface area contributed by atoms with Crippen molar-refractivity contribution in [2.24, 2.45) is 0 Å². The van der Waals surface area contributed by atoms with Gasteiger partial charge in [0.1, 0.15) is 11.4 Å². The van der Waals surface area contributed by atoms with E-state index in [1.165, 1.54) is 18.2 Å². The number of amides is 1. The van der Waals surface area contributed by atoms with E-state index in [0.29, 0.717) is 12.2 Å². The maximum Gasteiger partial charge on any atom is 0.260 e. The van der Waals surface area contributed by atoms with Gasteiger partial charge in [0, 0.05) is 17.7 Å². The van der Waals surface area contributed by atoms with Gasteiger partial charge in [0.05, 0.1) is 0 Å². The van der Waals surface area contributed by atoms with Gasteiger partial charge in [0.15, 0.2) is 0 Å². The maximum atomic E-state index is 13.0. The zero-order valence-electron chi connectivity index (χ0n) is 12.3. The molecular formula is C17H17FN2O2. The van der Waals surface area contributed by atoms with E-state index in [2.05, 4.69) is 10.3 Å². The average Bonchev–Trinajstić information content (AvgIpc) is 3.27. The third-order valence-corrected chi connectivity index (χ3v) is 4.20. The molecular weight excluding hydrogens is 283 g/mol. The summed E-state index contributed by atoms with van der Waals surface area (Å²) >= 11 is 0. The number of halogens is 1. The first-order valence-corrected chi connectivity index (χ1v) is 7.24. The van der Waals surface area contributed by atoms with Gasteiger partial charge in [-0.3, -0.25) is 9.59 Å². The topological polar surface area (TPSA) is 62.0 Å². The minimum atomic E-state index is -0.385. The normalized spacial score (nSPS) is 15.4. The smallest absolute Gasteiger partial charge is 0.260 e. The van der Waals surface area contributed by atoms with E-state index >= 15 is 0 Å². The molecule has 0 aliphatic heterocycles. The van der Waals surface area contributed by atoms with Crippen LogP contribution in [0.3, 0.4) is 0 Å². The molecule has 1 aliphatic rings. The number of aromatic amines is 1. The summed E-state index contributed by atoms with van der Waals surface area (Å²) in [5.41, 5.74) is 1.34. The molecule has 2 aromatic rings. The third kappa shape index (κ3) is 2.79. The zero-order valence-corrected chi connectivity index (χ0v) is 12.3. The molecule has 1 aliphatic carbocycles. The minimum absolute atomic E-state index is 0.112. The number of pyridine rings is 1. The van der Waals surface area contributed by atoms with Crippen molar-refractivity contribution in [2.45, 2.75) is 25.2 Å². The van der Waals surface area contributed by atoms with Crippen LogP contribution in [-0.2, 0) is 5.41 Å². The van der Waals surface area contributed by atoms with Crippen molar-refractivity contribution >= 4 is 5.91 Å². The molecule has 114 valence electrons. The second kappa shape index (κ2) is 5.40. The summed E-state index contributed by atoms with van der Waals surface area (Å²) in [5.74, 6) is -0.649. The van der Waals surface area contributed by atoms with Crippen LogP contribution in [0.15, 0.2) is 41.2 Å². The molecule has 1 amide bonds.